The van der Waals surface area contributed by atoms with E-state index in [2.05, 4.69) is 67.6 Å². The molecule has 0 spiro atoms. The first-order valence-electron chi connectivity index (χ1n) is 12.7. The summed E-state index contributed by atoms with van der Waals surface area (Å²) in [6, 6.07) is 23.7. The van der Waals surface area contributed by atoms with E-state index in [1.807, 2.05) is 72.2 Å². The normalized spacial score (nSPS) is 11.8. The van der Waals surface area contributed by atoms with Gasteiger partial charge in [-0.15, -0.1) is 16.8 Å². The van der Waals surface area contributed by atoms with Crippen LogP contribution in [0.5, 0.6) is 5.75 Å². The van der Waals surface area contributed by atoms with E-state index >= 15 is 0 Å². The predicted molar refractivity (Wildman–Crippen MR) is 165 cm³/mol. The quantitative estimate of drug-likeness (QED) is 0.0784. The standard InChI is InChI=1S/C30H31BrN6O2S/c1-4-16-37-28(19-32-26-14-12-21(2)13-15-26)34-36-30(37)40-22(3)29(38)35-33-18-24-9-5-6-11-27(24)39-20-23-8-7-10-25(31)17-23/h4-15,17-18,22,32H,1,16,19-20H2,2-3H3,(H,35,38). The summed E-state index contributed by atoms with van der Waals surface area (Å²) in [4.78, 5) is 12.8. The topological polar surface area (TPSA) is 93.4 Å². The summed E-state index contributed by atoms with van der Waals surface area (Å²) in [6.07, 6.45) is 3.37. The highest BCUT2D eigenvalue weighted by Gasteiger charge is 2.19. The van der Waals surface area contributed by atoms with Gasteiger partial charge in [-0.1, -0.05) is 75.7 Å². The summed E-state index contributed by atoms with van der Waals surface area (Å²) < 4.78 is 8.94. The Morgan fingerprint density at radius 1 is 1.15 bits per heavy atom. The molecule has 0 aliphatic heterocycles. The molecule has 0 aliphatic carbocycles. The lowest BCUT2D eigenvalue weighted by atomic mass is 10.2. The molecule has 1 amide bonds. The van der Waals surface area contributed by atoms with Gasteiger partial charge in [0.05, 0.1) is 18.0 Å². The first kappa shape index (κ1) is 29.1. The van der Waals surface area contributed by atoms with Crippen molar-refractivity contribution in [3.05, 3.63) is 112 Å². The Kier molecular flexibility index (Phi) is 10.5. The molecule has 0 bridgehead atoms. The van der Waals surface area contributed by atoms with E-state index in [0.29, 0.717) is 30.6 Å². The second kappa shape index (κ2) is 14.5. The van der Waals surface area contributed by atoms with Crippen LogP contribution in [0.2, 0.25) is 0 Å². The SMILES string of the molecule is C=CCn1c(CNc2ccc(C)cc2)nnc1SC(C)C(=O)NN=Cc1ccccc1OCc1cccc(Br)c1. The smallest absolute Gasteiger partial charge is 0.253 e. The van der Waals surface area contributed by atoms with Crippen molar-refractivity contribution in [1.82, 2.24) is 20.2 Å². The highest BCUT2D eigenvalue weighted by atomic mass is 79.9. The molecule has 40 heavy (non-hydrogen) atoms. The molecule has 0 radical (unpaired) electrons. The Labute approximate surface area is 247 Å². The molecule has 1 heterocycles. The summed E-state index contributed by atoms with van der Waals surface area (Å²) in [7, 11) is 0. The fraction of sp³-hybridized carbons (Fsp3) is 0.200. The Morgan fingerprint density at radius 3 is 2.73 bits per heavy atom. The van der Waals surface area contributed by atoms with Crippen LogP contribution in [-0.2, 0) is 24.5 Å². The molecular formula is C30H31BrN6O2S. The van der Waals surface area contributed by atoms with E-state index < -0.39 is 5.25 Å². The monoisotopic (exact) mass is 618 g/mol. The number of hydrogen-bond donors (Lipinski definition) is 2. The molecule has 1 unspecified atom stereocenters. The average Bonchev–Trinajstić information content (AvgIpc) is 3.33. The number of ether oxygens (including phenoxy) is 1. The van der Waals surface area contributed by atoms with Gasteiger partial charge in [-0.05, 0) is 55.8 Å². The number of allylic oxidation sites excluding steroid dienone is 1. The number of amides is 1. The number of nitrogens with one attached hydrogen (secondary N) is 2. The van der Waals surface area contributed by atoms with Gasteiger partial charge in [0.2, 0.25) is 0 Å². The summed E-state index contributed by atoms with van der Waals surface area (Å²) in [5.41, 5.74) is 6.62. The van der Waals surface area contributed by atoms with Gasteiger partial charge in [0.25, 0.3) is 5.91 Å². The Morgan fingerprint density at radius 2 is 1.95 bits per heavy atom. The first-order valence-corrected chi connectivity index (χ1v) is 14.4. The van der Waals surface area contributed by atoms with E-state index in [0.717, 1.165) is 27.1 Å². The fourth-order valence-corrected chi connectivity index (χ4v) is 4.99. The molecule has 0 saturated carbocycles. The molecule has 3 aromatic carbocycles. The van der Waals surface area contributed by atoms with Gasteiger partial charge in [-0.3, -0.25) is 4.79 Å². The summed E-state index contributed by atoms with van der Waals surface area (Å²) in [5.74, 6) is 1.18. The molecular weight excluding hydrogens is 588 g/mol. The van der Waals surface area contributed by atoms with Gasteiger partial charge in [0.15, 0.2) is 11.0 Å². The maximum absolute atomic E-state index is 12.8. The molecule has 4 aromatic rings. The van der Waals surface area contributed by atoms with E-state index in [1.165, 1.54) is 17.3 Å². The van der Waals surface area contributed by atoms with Crippen molar-refractivity contribution in [3.63, 3.8) is 0 Å². The molecule has 2 N–H and O–H groups in total. The van der Waals surface area contributed by atoms with Crippen LogP contribution >= 0.6 is 27.7 Å². The number of rotatable bonds is 13. The molecule has 0 fully saturated rings. The van der Waals surface area contributed by atoms with E-state index in [9.17, 15) is 4.79 Å². The lowest BCUT2D eigenvalue weighted by Crippen LogP contribution is -2.27. The average molecular weight is 620 g/mol. The molecule has 4 rings (SSSR count). The summed E-state index contributed by atoms with van der Waals surface area (Å²) in [5, 5.41) is 16.4. The molecule has 10 heteroatoms. The minimum Gasteiger partial charge on any atom is -0.488 e. The Hall–Kier alpha value is -3.89. The molecule has 1 aromatic heterocycles. The summed E-state index contributed by atoms with van der Waals surface area (Å²) in [6.45, 7) is 9.16. The highest BCUT2D eigenvalue weighted by Crippen LogP contribution is 2.23. The number of carbonyl (C=O) groups is 1. The number of aryl methyl sites for hydroxylation is 1. The van der Waals surface area contributed by atoms with Gasteiger partial charge < -0.3 is 14.6 Å². The number of aromatic nitrogens is 3. The molecule has 1 atom stereocenters. The molecule has 8 nitrogen and oxygen atoms in total. The number of thioether (sulfide) groups is 1. The van der Waals surface area contributed by atoms with Crippen LogP contribution < -0.4 is 15.5 Å². The number of halogens is 1. The van der Waals surface area contributed by atoms with Crippen LogP contribution in [-0.4, -0.2) is 32.1 Å². The molecule has 0 aliphatic rings. The maximum atomic E-state index is 12.8. The number of nitrogens with zero attached hydrogens (tertiary/aromatic N) is 4. The highest BCUT2D eigenvalue weighted by molar-refractivity contribution is 9.10. The summed E-state index contributed by atoms with van der Waals surface area (Å²) >= 11 is 4.80. The van der Waals surface area contributed by atoms with Crippen molar-refractivity contribution in [2.75, 3.05) is 5.32 Å². The fourth-order valence-electron chi connectivity index (χ4n) is 3.68. The number of para-hydroxylation sites is 1. The Balaban J connectivity index is 1.34. The maximum Gasteiger partial charge on any atom is 0.253 e. The van der Waals surface area contributed by atoms with Crippen molar-refractivity contribution in [2.24, 2.45) is 5.10 Å². The van der Waals surface area contributed by atoms with E-state index in [4.69, 9.17) is 4.74 Å². The third kappa shape index (κ3) is 8.30. The van der Waals surface area contributed by atoms with Crippen LogP contribution in [0.15, 0.2) is 100 Å². The van der Waals surface area contributed by atoms with Crippen molar-refractivity contribution in [3.8, 4) is 5.75 Å². The number of benzene rings is 3. The van der Waals surface area contributed by atoms with E-state index in [1.54, 1.807) is 12.3 Å². The van der Waals surface area contributed by atoms with Crippen LogP contribution in [0, 0.1) is 6.92 Å². The van der Waals surface area contributed by atoms with Gasteiger partial charge in [-0.25, -0.2) is 5.43 Å². The van der Waals surface area contributed by atoms with Crippen molar-refractivity contribution in [1.29, 1.82) is 0 Å². The predicted octanol–water partition coefficient (Wildman–Crippen LogP) is 6.36. The van der Waals surface area contributed by atoms with Gasteiger partial charge >= 0.3 is 0 Å². The van der Waals surface area contributed by atoms with Crippen LogP contribution in [0.3, 0.4) is 0 Å². The lowest BCUT2D eigenvalue weighted by molar-refractivity contribution is -0.120. The zero-order valence-electron chi connectivity index (χ0n) is 22.4. The third-order valence-corrected chi connectivity index (χ3v) is 7.41. The van der Waals surface area contributed by atoms with Crippen molar-refractivity contribution in [2.45, 2.75) is 44.0 Å². The second-order valence-electron chi connectivity index (χ2n) is 8.97. The zero-order chi connectivity index (χ0) is 28.3. The van der Waals surface area contributed by atoms with E-state index in [-0.39, 0.29) is 5.91 Å². The largest absolute Gasteiger partial charge is 0.488 e. The minimum atomic E-state index is -0.453. The number of anilines is 1. The lowest BCUT2D eigenvalue weighted by Gasteiger charge is -2.12. The second-order valence-corrected chi connectivity index (χ2v) is 11.2. The minimum absolute atomic E-state index is 0.249. The first-order chi connectivity index (χ1) is 19.4. The van der Waals surface area contributed by atoms with Crippen LogP contribution in [0.4, 0.5) is 5.69 Å². The zero-order valence-corrected chi connectivity index (χ0v) is 24.8. The number of hydrogen-bond acceptors (Lipinski definition) is 7. The number of carbonyl (C=O) groups excluding carboxylic acids is 1. The molecule has 0 saturated heterocycles. The van der Waals surface area contributed by atoms with Crippen molar-refractivity contribution >= 4 is 45.5 Å². The molecule has 206 valence electrons. The third-order valence-electron chi connectivity index (χ3n) is 5.84. The Bertz CT molecular complexity index is 1470. The van der Waals surface area contributed by atoms with Gasteiger partial charge in [0, 0.05) is 22.3 Å². The van der Waals surface area contributed by atoms with Gasteiger partial charge in [0.1, 0.15) is 12.4 Å². The number of hydrazone groups is 1. The van der Waals surface area contributed by atoms with Crippen LogP contribution in [0.25, 0.3) is 0 Å². The van der Waals surface area contributed by atoms with Gasteiger partial charge in [-0.2, -0.15) is 5.10 Å². The van der Waals surface area contributed by atoms with Crippen molar-refractivity contribution < 1.29 is 9.53 Å². The van der Waals surface area contributed by atoms with Crippen LogP contribution in [0.1, 0.15) is 29.4 Å².